The van der Waals surface area contributed by atoms with Crippen LogP contribution in [-0.4, -0.2) is 6.21 Å². The van der Waals surface area contributed by atoms with Gasteiger partial charge in [-0.3, -0.25) is 4.99 Å². The second-order valence-corrected chi connectivity index (χ2v) is 4.21. The van der Waals surface area contributed by atoms with E-state index in [2.05, 4.69) is 50.2 Å². The highest BCUT2D eigenvalue weighted by Crippen LogP contribution is 2.32. The highest BCUT2D eigenvalue weighted by Gasteiger charge is 2.20. The van der Waals surface area contributed by atoms with Crippen molar-refractivity contribution in [3.8, 4) is 0 Å². The van der Waals surface area contributed by atoms with E-state index in [-0.39, 0.29) is 0 Å². The van der Waals surface area contributed by atoms with Crippen LogP contribution in [0.2, 0.25) is 0 Å². The Morgan fingerprint density at radius 1 is 1.36 bits per heavy atom. The van der Waals surface area contributed by atoms with Crippen molar-refractivity contribution < 1.29 is 0 Å². The van der Waals surface area contributed by atoms with Crippen LogP contribution >= 0.6 is 0 Å². The van der Waals surface area contributed by atoms with Crippen molar-refractivity contribution in [1.82, 2.24) is 0 Å². The summed E-state index contributed by atoms with van der Waals surface area (Å²) < 4.78 is 0. The summed E-state index contributed by atoms with van der Waals surface area (Å²) in [4.78, 5) is 4.45. The molecule has 74 valence electrons. The quantitative estimate of drug-likeness (QED) is 0.627. The van der Waals surface area contributed by atoms with Crippen molar-refractivity contribution >= 4 is 6.21 Å². The molecule has 0 fully saturated rings. The van der Waals surface area contributed by atoms with Crippen LogP contribution < -0.4 is 0 Å². The minimum Gasteiger partial charge on any atom is -0.264 e. The van der Waals surface area contributed by atoms with Gasteiger partial charge in [-0.1, -0.05) is 39.0 Å². The molecule has 0 amide bonds. The van der Waals surface area contributed by atoms with Crippen molar-refractivity contribution in [2.24, 2.45) is 16.8 Å². The number of aliphatic imine (C=N–C) groups is 1. The van der Waals surface area contributed by atoms with Crippen LogP contribution in [0.1, 0.15) is 27.2 Å². The topological polar surface area (TPSA) is 12.4 Å². The van der Waals surface area contributed by atoms with E-state index in [1.54, 1.807) is 0 Å². The minimum absolute atomic E-state index is 0.451. The average Bonchev–Trinajstić information content (AvgIpc) is 2.59. The van der Waals surface area contributed by atoms with Crippen LogP contribution in [0, 0.1) is 11.8 Å². The minimum atomic E-state index is 0.451. The molecule has 1 aliphatic heterocycles. The molecular formula is C13H17N. The van der Waals surface area contributed by atoms with Gasteiger partial charge in [-0.25, -0.2) is 0 Å². The highest BCUT2D eigenvalue weighted by atomic mass is 14.8. The first-order valence-electron chi connectivity index (χ1n) is 5.39. The molecule has 0 bridgehead atoms. The third-order valence-corrected chi connectivity index (χ3v) is 2.91. The van der Waals surface area contributed by atoms with Gasteiger partial charge in [-0.05, 0) is 23.5 Å². The average molecular weight is 187 g/mol. The third kappa shape index (κ3) is 1.47. The summed E-state index contributed by atoms with van der Waals surface area (Å²) in [5, 5.41) is 0. The van der Waals surface area contributed by atoms with Crippen LogP contribution in [-0.2, 0) is 0 Å². The predicted molar refractivity (Wildman–Crippen MR) is 61.4 cm³/mol. The zero-order valence-corrected chi connectivity index (χ0v) is 9.12. The van der Waals surface area contributed by atoms with Crippen LogP contribution in [0.3, 0.4) is 0 Å². The Morgan fingerprint density at radius 3 is 2.79 bits per heavy atom. The summed E-state index contributed by atoms with van der Waals surface area (Å²) in [6.45, 7) is 6.63. The predicted octanol–water partition coefficient (Wildman–Crippen LogP) is 3.50. The molecule has 1 unspecified atom stereocenters. The lowest BCUT2D eigenvalue weighted by molar-refractivity contribution is 0.776. The van der Waals surface area contributed by atoms with Gasteiger partial charge in [0.25, 0.3) is 0 Å². The Balaban J connectivity index is 2.30. The first-order chi connectivity index (χ1) is 6.72. The Kier molecular flexibility index (Phi) is 2.40. The molecule has 1 heterocycles. The summed E-state index contributed by atoms with van der Waals surface area (Å²) in [6, 6.07) is 0. The summed E-state index contributed by atoms with van der Waals surface area (Å²) in [5.74, 6) is 1.07. The lowest BCUT2D eigenvalue weighted by atomic mass is 9.88. The first-order valence-corrected chi connectivity index (χ1v) is 5.39. The number of rotatable bonds is 2. The highest BCUT2D eigenvalue weighted by molar-refractivity contribution is 5.76. The summed E-state index contributed by atoms with van der Waals surface area (Å²) in [6.07, 6.45) is 9.93. The number of nitrogens with zero attached hydrogens (tertiary/aromatic N) is 1. The van der Waals surface area contributed by atoms with E-state index in [1.165, 1.54) is 16.8 Å². The first kappa shape index (κ1) is 9.45. The number of hydrogen-bond donors (Lipinski definition) is 0. The molecule has 14 heavy (non-hydrogen) atoms. The van der Waals surface area contributed by atoms with Crippen LogP contribution in [0.25, 0.3) is 0 Å². The van der Waals surface area contributed by atoms with E-state index in [0.717, 1.165) is 6.42 Å². The van der Waals surface area contributed by atoms with Gasteiger partial charge in [-0.2, -0.15) is 0 Å². The Hall–Kier alpha value is -1.11. The maximum absolute atomic E-state index is 4.45. The molecule has 0 spiro atoms. The van der Waals surface area contributed by atoms with Gasteiger partial charge in [0, 0.05) is 17.8 Å². The molecule has 2 aliphatic rings. The van der Waals surface area contributed by atoms with Crippen LogP contribution in [0.5, 0.6) is 0 Å². The van der Waals surface area contributed by atoms with E-state index < -0.39 is 0 Å². The molecule has 1 heteroatoms. The van der Waals surface area contributed by atoms with Gasteiger partial charge in [0.1, 0.15) is 0 Å². The molecule has 0 N–H and O–H groups in total. The molecule has 0 aromatic carbocycles. The second-order valence-electron chi connectivity index (χ2n) is 4.21. The SMILES string of the molecule is CCC1=C2C=CC(C(C)C)=CC2C=N1. The molecule has 0 aromatic rings. The molecule has 0 saturated carbocycles. The van der Waals surface area contributed by atoms with Gasteiger partial charge < -0.3 is 0 Å². The summed E-state index contributed by atoms with van der Waals surface area (Å²) >= 11 is 0. The van der Waals surface area contributed by atoms with Gasteiger partial charge in [0.15, 0.2) is 0 Å². The molecule has 1 nitrogen and oxygen atoms in total. The van der Waals surface area contributed by atoms with E-state index in [1.807, 2.05) is 0 Å². The lowest BCUT2D eigenvalue weighted by Crippen LogP contribution is -2.05. The van der Waals surface area contributed by atoms with Crippen LogP contribution in [0.4, 0.5) is 0 Å². The van der Waals surface area contributed by atoms with Crippen molar-refractivity contribution in [3.63, 3.8) is 0 Å². The Morgan fingerprint density at radius 2 is 2.14 bits per heavy atom. The fourth-order valence-corrected chi connectivity index (χ4v) is 1.99. The van der Waals surface area contributed by atoms with Gasteiger partial charge in [0.05, 0.1) is 0 Å². The molecule has 0 aromatic heterocycles. The third-order valence-electron chi connectivity index (χ3n) is 2.91. The van der Waals surface area contributed by atoms with Crippen LogP contribution in [0.15, 0.2) is 40.1 Å². The monoisotopic (exact) mass is 187 g/mol. The van der Waals surface area contributed by atoms with E-state index in [0.29, 0.717) is 11.8 Å². The van der Waals surface area contributed by atoms with Gasteiger partial charge >= 0.3 is 0 Å². The smallest absolute Gasteiger partial charge is 0.0439 e. The Labute approximate surface area is 85.9 Å². The second kappa shape index (κ2) is 3.56. The van der Waals surface area contributed by atoms with Gasteiger partial charge in [0.2, 0.25) is 0 Å². The Bertz CT molecular complexity index is 353. The van der Waals surface area contributed by atoms with Crippen molar-refractivity contribution in [2.45, 2.75) is 27.2 Å². The molecule has 1 aliphatic carbocycles. The zero-order valence-electron chi connectivity index (χ0n) is 9.12. The fourth-order valence-electron chi connectivity index (χ4n) is 1.99. The molecule has 0 radical (unpaired) electrons. The van der Waals surface area contributed by atoms with E-state index in [4.69, 9.17) is 0 Å². The number of fused-ring (bicyclic) bond motifs is 1. The van der Waals surface area contributed by atoms with Gasteiger partial charge in [-0.15, -0.1) is 0 Å². The standard InChI is InChI=1S/C13H17N/c1-4-13-12-6-5-10(9(2)3)7-11(12)8-14-13/h5-9,11H,4H2,1-3H3. The maximum atomic E-state index is 4.45. The lowest BCUT2D eigenvalue weighted by Gasteiger charge is -2.16. The number of hydrogen-bond acceptors (Lipinski definition) is 1. The fraction of sp³-hybridized carbons (Fsp3) is 0.462. The van der Waals surface area contributed by atoms with Crippen molar-refractivity contribution in [2.75, 3.05) is 0 Å². The zero-order chi connectivity index (χ0) is 10.1. The molecular weight excluding hydrogens is 170 g/mol. The molecule has 1 atom stereocenters. The summed E-state index contributed by atoms with van der Waals surface area (Å²) in [7, 11) is 0. The molecule has 2 rings (SSSR count). The maximum Gasteiger partial charge on any atom is 0.0439 e. The number of allylic oxidation sites excluding steroid dienone is 6. The summed E-state index contributed by atoms with van der Waals surface area (Å²) in [5.41, 5.74) is 4.09. The normalized spacial score (nSPS) is 24.6. The largest absolute Gasteiger partial charge is 0.264 e. The van der Waals surface area contributed by atoms with Crippen molar-refractivity contribution in [1.29, 1.82) is 0 Å². The molecule has 0 saturated heterocycles. The van der Waals surface area contributed by atoms with E-state index >= 15 is 0 Å². The van der Waals surface area contributed by atoms with Crippen molar-refractivity contribution in [3.05, 3.63) is 35.1 Å². The van der Waals surface area contributed by atoms with E-state index in [9.17, 15) is 0 Å².